The lowest BCUT2D eigenvalue weighted by molar-refractivity contribution is -0.135. The monoisotopic (exact) mass is 193 g/mol. The first-order chi connectivity index (χ1) is 6.70. The van der Waals surface area contributed by atoms with E-state index in [4.69, 9.17) is 0 Å². The second kappa shape index (κ2) is 4.74. The molecule has 0 aromatic heterocycles. The average molecular weight is 193 g/mol. The quantitative estimate of drug-likeness (QED) is 0.497. The first kappa shape index (κ1) is 10.7. The normalized spacial score (nSPS) is 21.7. The molecule has 0 aromatic carbocycles. The highest BCUT2D eigenvalue weighted by Gasteiger charge is 2.19. The van der Waals surface area contributed by atoms with Crippen LogP contribution in [0.25, 0.3) is 0 Å². The van der Waals surface area contributed by atoms with Crippen LogP contribution in [-0.4, -0.2) is 19.8 Å². The highest BCUT2D eigenvalue weighted by Crippen LogP contribution is 2.25. The zero-order valence-electron chi connectivity index (χ0n) is 8.62. The van der Waals surface area contributed by atoms with E-state index in [1.807, 2.05) is 13.0 Å². The summed E-state index contributed by atoms with van der Waals surface area (Å²) in [5, 5.41) is 0. The van der Waals surface area contributed by atoms with Gasteiger partial charge in [-0.2, -0.15) is 0 Å². The molecule has 0 bridgehead atoms. The van der Waals surface area contributed by atoms with Gasteiger partial charge >= 0.3 is 5.97 Å². The largest absolute Gasteiger partial charge is 0.465 e. The van der Waals surface area contributed by atoms with E-state index in [-0.39, 0.29) is 11.9 Å². The Morgan fingerprint density at radius 1 is 1.71 bits per heavy atom. The van der Waals surface area contributed by atoms with Crippen molar-refractivity contribution in [3.05, 3.63) is 23.4 Å². The minimum Gasteiger partial charge on any atom is -0.465 e. The van der Waals surface area contributed by atoms with Crippen molar-refractivity contribution in [1.82, 2.24) is 0 Å². The third kappa shape index (κ3) is 2.10. The van der Waals surface area contributed by atoms with E-state index < -0.39 is 0 Å². The molecule has 1 unspecified atom stereocenters. The van der Waals surface area contributed by atoms with Crippen LogP contribution in [0.5, 0.6) is 0 Å². The number of methoxy groups -OCH3 is 1. The molecule has 1 aliphatic rings. The van der Waals surface area contributed by atoms with Crippen molar-refractivity contribution >= 4 is 12.7 Å². The standard InChI is InChI=1S/C11H15NO2/c1-8-6-4-5-7-9(10(8)12-2)11(13)14-3/h5,7-8H,2,4,6H2,1,3H3. The van der Waals surface area contributed by atoms with Crippen molar-refractivity contribution in [2.24, 2.45) is 10.9 Å². The van der Waals surface area contributed by atoms with Gasteiger partial charge in [0, 0.05) is 0 Å². The molecule has 3 nitrogen and oxygen atoms in total. The fourth-order valence-electron chi connectivity index (χ4n) is 1.56. The molecule has 0 N–H and O–H groups in total. The van der Waals surface area contributed by atoms with Gasteiger partial charge in [-0.15, -0.1) is 0 Å². The third-order valence-electron chi connectivity index (χ3n) is 2.37. The maximum Gasteiger partial charge on any atom is 0.339 e. The lowest BCUT2D eigenvalue weighted by atomic mass is 10.0. The summed E-state index contributed by atoms with van der Waals surface area (Å²) in [4.78, 5) is 15.3. The van der Waals surface area contributed by atoms with E-state index in [9.17, 15) is 4.79 Å². The van der Waals surface area contributed by atoms with Crippen LogP contribution in [0.2, 0.25) is 0 Å². The molecule has 3 heteroatoms. The Balaban J connectivity index is 3.11. The number of aliphatic imine (C=N–C) groups is 1. The molecule has 1 aliphatic carbocycles. The highest BCUT2D eigenvalue weighted by molar-refractivity contribution is 5.92. The van der Waals surface area contributed by atoms with Gasteiger partial charge in [-0.1, -0.05) is 13.0 Å². The van der Waals surface area contributed by atoms with Gasteiger partial charge in [-0.25, -0.2) is 4.79 Å². The maximum atomic E-state index is 11.4. The second-order valence-electron chi connectivity index (χ2n) is 3.33. The minimum absolute atomic E-state index is 0.261. The molecule has 1 rings (SSSR count). The van der Waals surface area contributed by atoms with Crippen molar-refractivity contribution in [2.75, 3.05) is 7.11 Å². The summed E-state index contributed by atoms with van der Waals surface area (Å²) in [6.45, 7) is 5.54. The molecule has 0 fully saturated rings. The molecule has 0 saturated carbocycles. The average Bonchev–Trinajstić information content (AvgIpc) is 2.38. The Labute approximate surface area is 84.2 Å². The molecule has 0 saturated heterocycles. The number of ether oxygens (including phenoxy) is 1. The van der Waals surface area contributed by atoms with Crippen LogP contribution in [0.1, 0.15) is 19.8 Å². The third-order valence-corrected chi connectivity index (χ3v) is 2.37. The second-order valence-corrected chi connectivity index (χ2v) is 3.33. The fourth-order valence-corrected chi connectivity index (χ4v) is 1.56. The molecule has 1 atom stereocenters. The molecular weight excluding hydrogens is 178 g/mol. The Bertz CT molecular complexity index is 302. The smallest absolute Gasteiger partial charge is 0.339 e. The molecule has 0 aromatic rings. The highest BCUT2D eigenvalue weighted by atomic mass is 16.5. The number of esters is 1. The molecule has 14 heavy (non-hydrogen) atoms. The number of hydrogen-bond donors (Lipinski definition) is 0. The van der Waals surface area contributed by atoms with Crippen molar-refractivity contribution in [3.8, 4) is 0 Å². The number of carbonyl (C=O) groups excluding carboxylic acids is 1. The number of hydrogen-bond acceptors (Lipinski definition) is 3. The van der Waals surface area contributed by atoms with Crippen molar-refractivity contribution in [3.63, 3.8) is 0 Å². The summed E-state index contributed by atoms with van der Waals surface area (Å²) in [6, 6.07) is 0. The lowest BCUT2D eigenvalue weighted by Crippen LogP contribution is -2.08. The summed E-state index contributed by atoms with van der Waals surface area (Å²) in [7, 11) is 1.37. The van der Waals surface area contributed by atoms with Crippen LogP contribution >= 0.6 is 0 Å². The maximum absolute atomic E-state index is 11.4. The van der Waals surface area contributed by atoms with Crippen molar-refractivity contribution in [1.29, 1.82) is 0 Å². The Hall–Kier alpha value is -1.38. The molecular formula is C11H15NO2. The molecule has 0 radical (unpaired) electrons. The number of rotatable bonds is 2. The van der Waals surface area contributed by atoms with E-state index in [0.717, 1.165) is 18.5 Å². The lowest BCUT2D eigenvalue weighted by Gasteiger charge is -2.11. The van der Waals surface area contributed by atoms with Gasteiger partial charge in [0.25, 0.3) is 0 Å². The Kier molecular flexibility index (Phi) is 3.63. The zero-order valence-corrected chi connectivity index (χ0v) is 8.62. The van der Waals surface area contributed by atoms with Gasteiger partial charge in [0.15, 0.2) is 0 Å². The van der Waals surface area contributed by atoms with Crippen LogP contribution in [0.15, 0.2) is 28.4 Å². The summed E-state index contributed by atoms with van der Waals surface area (Å²) >= 11 is 0. The predicted molar refractivity (Wildman–Crippen MR) is 56.1 cm³/mol. The topological polar surface area (TPSA) is 38.7 Å². The minimum atomic E-state index is -0.336. The van der Waals surface area contributed by atoms with E-state index in [1.54, 1.807) is 6.08 Å². The van der Waals surface area contributed by atoms with E-state index >= 15 is 0 Å². The van der Waals surface area contributed by atoms with Crippen LogP contribution in [0.3, 0.4) is 0 Å². The SMILES string of the molecule is C=NC1=C(C(=O)OC)C=CCCC1C. The summed E-state index contributed by atoms with van der Waals surface area (Å²) in [5.41, 5.74) is 1.28. The van der Waals surface area contributed by atoms with Gasteiger partial charge in [0.2, 0.25) is 0 Å². The van der Waals surface area contributed by atoms with E-state index in [2.05, 4.69) is 16.4 Å². The van der Waals surface area contributed by atoms with E-state index in [0.29, 0.717) is 5.57 Å². The molecule has 0 amide bonds. The molecule has 0 spiro atoms. The molecule has 76 valence electrons. The van der Waals surface area contributed by atoms with Crippen molar-refractivity contribution in [2.45, 2.75) is 19.8 Å². The molecule has 0 aliphatic heterocycles. The van der Waals surface area contributed by atoms with Crippen LogP contribution < -0.4 is 0 Å². The van der Waals surface area contributed by atoms with Crippen LogP contribution in [0, 0.1) is 5.92 Å². The van der Waals surface area contributed by atoms with Crippen LogP contribution in [0.4, 0.5) is 0 Å². The van der Waals surface area contributed by atoms with Gasteiger partial charge in [0.1, 0.15) is 0 Å². The predicted octanol–water partition coefficient (Wildman–Crippen LogP) is 2.10. The van der Waals surface area contributed by atoms with Gasteiger partial charge in [0.05, 0.1) is 18.4 Å². The Morgan fingerprint density at radius 2 is 2.43 bits per heavy atom. The summed E-state index contributed by atoms with van der Waals surface area (Å²) in [6.07, 6.45) is 5.70. The fraction of sp³-hybridized carbons (Fsp3) is 0.455. The summed E-state index contributed by atoms with van der Waals surface area (Å²) in [5.74, 6) is -0.0750. The van der Waals surface area contributed by atoms with E-state index in [1.165, 1.54) is 7.11 Å². The summed E-state index contributed by atoms with van der Waals surface area (Å²) < 4.78 is 4.69. The van der Waals surface area contributed by atoms with Gasteiger partial charge < -0.3 is 4.74 Å². The first-order valence-electron chi connectivity index (χ1n) is 4.66. The number of carbonyl (C=O) groups is 1. The first-order valence-corrected chi connectivity index (χ1v) is 4.66. The van der Waals surface area contributed by atoms with Gasteiger partial charge in [-0.3, -0.25) is 4.99 Å². The van der Waals surface area contributed by atoms with Crippen molar-refractivity contribution < 1.29 is 9.53 Å². The van der Waals surface area contributed by atoms with Gasteiger partial charge in [-0.05, 0) is 31.6 Å². The number of allylic oxidation sites excluding steroid dienone is 2. The van der Waals surface area contributed by atoms with Crippen LogP contribution in [-0.2, 0) is 9.53 Å². The Morgan fingerprint density at radius 3 is 3.00 bits per heavy atom. The zero-order chi connectivity index (χ0) is 10.6. The molecule has 0 heterocycles. The number of nitrogens with zero attached hydrogens (tertiary/aromatic N) is 1.